The smallest absolute Gasteiger partial charge is 0.168 e. The van der Waals surface area contributed by atoms with E-state index in [2.05, 4.69) is 16.7 Å². The van der Waals surface area contributed by atoms with Gasteiger partial charge >= 0.3 is 0 Å². The molecule has 0 radical (unpaired) electrons. The van der Waals surface area contributed by atoms with E-state index >= 15 is 0 Å². The number of hydrogen-bond donors (Lipinski definition) is 0. The van der Waals surface area contributed by atoms with Gasteiger partial charge in [-0.3, -0.25) is 14.5 Å². The van der Waals surface area contributed by atoms with Crippen molar-refractivity contribution in [1.29, 1.82) is 0 Å². The number of alkyl halides is 1. The average Bonchev–Trinajstić information content (AvgIpc) is 2.71. The molecular weight excluding hydrogens is 233 g/mol. The molecule has 0 aliphatic heterocycles. The number of nitrogens with zero attached hydrogens (tertiary/aromatic N) is 3. The molecule has 2 heterocycles. The molecule has 0 aromatic carbocycles. The highest BCUT2D eigenvalue weighted by Gasteiger charge is 2.26. The minimum Gasteiger partial charge on any atom is -0.296 e. The van der Waals surface area contributed by atoms with Crippen molar-refractivity contribution in [2.24, 2.45) is 0 Å². The topological polar surface area (TPSA) is 47.8 Å². The predicted molar refractivity (Wildman–Crippen MR) is 67.2 cm³/mol. The van der Waals surface area contributed by atoms with Crippen molar-refractivity contribution in [3.8, 4) is 0 Å². The highest BCUT2D eigenvalue weighted by molar-refractivity contribution is 5.84. The van der Waals surface area contributed by atoms with E-state index in [1.165, 1.54) is 17.8 Å². The fraction of sp³-hybridized carbons (Fsp3) is 0.308. The van der Waals surface area contributed by atoms with Crippen molar-refractivity contribution in [3.63, 3.8) is 0 Å². The van der Waals surface area contributed by atoms with Crippen molar-refractivity contribution < 1.29 is 9.18 Å². The van der Waals surface area contributed by atoms with Crippen LogP contribution in [0.2, 0.25) is 0 Å². The van der Waals surface area contributed by atoms with Crippen LogP contribution in [0, 0.1) is 0 Å². The molecule has 5 heteroatoms. The van der Waals surface area contributed by atoms with Gasteiger partial charge in [-0.05, 0) is 25.5 Å². The van der Waals surface area contributed by atoms with Gasteiger partial charge in [-0.15, -0.1) is 0 Å². The molecule has 1 unspecified atom stereocenters. The second kappa shape index (κ2) is 4.33. The van der Waals surface area contributed by atoms with E-state index in [1.807, 2.05) is 0 Å². The lowest BCUT2D eigenvalue weighted by molar-refractivity contribution is 0.111. The van der Waals surface area contributed by atoms with Crippen LogP contribution in [0.4, 0.5) is 4.39 Å². The second-order valence-corrected chi connectivity index (χ2v) is 4.57. The number of carbonyl (C=O) groups is 1. The van der Waals surface area contributed by atoms with Crippen LogP contribution < -0.4 is 0 Å². The van der Waals surface area contributed by atoms with Gasteiger partial charge in [0.25, 0.3) is 0 Å². The number of pyridine rings is 1. The van der Waals surface area contributed by atoms with E-state index in [4.69, 9.17) is 0 Å². The van der Waals surface area contributed by atoms with Crippen LogP contribution in [-0.4, -0.2) is 26.7 Å². The molecule has 0 aliphatic rings. The summed E-state index contributed by atoms with van der Waals surface area (Å²) in [6.45, 7) is 6.83. The van der Waals surface area contributed by atoms with Crippen LogP contribution in [0.3, 0.4) is 0 Å². The fourth-order valence-electron chi connectivity index (χ4n) is 1.60. The van der Waals surface area contributed by atoms with E-state index < -0.39 is 5.67 Å². The zero-order valence-electron chi connectivity index (χ0n) is 10.4. The summed E-state index contributed by atoms with van der Waals surface area (Å²) in [5, 5.41) is 4.89. The molecule has 4 nitrogen and oxygen atoms in total. The van der Waals surface area contributed by atoms with Gasteiger partial charge in [-0.25, -0.2) is 4.39 Å². The molecule has 2 aromatic rings. The number of aromatic nitrogens is 3. The van der Waals surface area contributed by atoms with Crippen LogP contribution in [0.5, 0.6) is 0 Å². The zero-order chi connectivity index (χ0) is 13.3. The molecule has 2 aromatic heterocycles. The van der Waals surface area contributed by atoms with Crippen LogP contribution in [0.25, 0.3) is 10.9 Å². The average molecular weight is 247 g/mol. The SMILES string of the molecule is C=C(C)C(C)(F)Cn1ncc2cc(C=O)ncc21. The predicted octanol–water partition coefficient (Wildman–Crippen LogP) is 2.55. The van der Waals surface area contributed by atoms with Gasteiger partial charge in [0.05, 0.1) is 24.5 Å². The largest absolute Gasteiger partial charge is 0.296 e. The number of aldehydes is 1. The van der Waals surface area contributed by atoms with Gasteiger partial charge < -0.3 is 0 Å². The molecule has 0 N–H and O–H groups in total. The van der Waals surface area contributed by atoms with Gasteiger partial charge in [-0.1, -0.05) is 6.58 Å². The monoisotopic (exact) mass is 247 g/mol. The van der Waals surface area contributed by atoms with E-state index in [0.717, 1.165) is 5.39 Å². The summed E-state index contributed by atoms with van der Waals surface area (Å²) in [5.41, 5.74) is -0.0400. The first-order chi connectivity index (χ1) is 8.44. The Morgan fingerprint density at radius 2 is 2.33 bits per heavy atom. The van der Waals surface area contributed by atoms with Crippen molar-refractivity contribution >= 4 is 17.2 Å². The van der Waals surface area contributed by atoms with E-state index in [-0.39, 0.29) is 6.54 Å². The Kier molecular flexibility index (Phi) is 2.98. The van der Waals surface area contributed by atoms with E-state index in [1.54, 1.807) is 19.2 Å². The number of fused-ring (bicyclic) bond motifs is 1. The summed E-state index contributed by atoms with van der Waals surface area (Å²) in [6, 6.07) is 1.63. The van der Waals surface area contributed by atoms with Gasteiger partial charge in [0.2, 0.25) is 0 Å². The maximum atomic E-state index is 14.2. The molecule has 0 bridgehead atoms. The first-order valence-electron chi connectivity index (χ1n) is 5.56. The minimum atomic E-state index is -1.53. The molecule has 0 aliphatic carbocycles. The molecule has 0 saturated heterocycles. The maximum absolute atomic E-state index is 14.2. The minimum absolute atomic E-state index is 0.0773. The number of halogens is 1. The summed E-state index contributed by atoms with van der Waals surface area (Å²) in [7, 11) is 0. The van der Waals surface area contributed by atoms with E-state index in [9.17, 15) is 9.18 Å². The number of rotatable bonds is 4. The Morgan fingerprint density at radius 1 is 1.61 bits per heavy atom. The van der Waals surface area contributed by atoms with Gasteiger partial charge in [0.1, 0.15) is 11.4 Å². The van der Waals surface area contributed by atoms with Gasteiger partial charge in [-0.2, -0.15) is 5.10 Å². The standard InChI is InChI=1S/C13H14FN3O/c1-9(2)13(3,14)8-17-12-6-15-11(7-18)4-10(12)5-16-17/h4-7H,1,8H2,2-3H3. The van der Waals surface area contributed by atoms with Crippen LogP contribution >= 0.6 is 0 Å². The molecular formula is C13H14FN3O. The number of carbonyl (C=O) groups excluding carboxylic acids is 1. The third kappa shape index (κ3) is 2.16. The van der Waals surface area contributed by atoms with Crippen molar-refractivity contribution in [2.75, 3.05) is 0 Å². The molecule has 94 valence electrons. The first kappa shape index (κ1) is 12.4. The highest BCUT2D eigenvalue weighted by Crippen LogP contribution is 2.24. The lowest BCUT2D eigenvalue weighted by Gasteiger charge is -2.20. The molecule has 0 fully saturated rings. The van der Waals surface area contributed by atoms with Crippen LogP contribution in [0.15, 0.2) is 30.6 Å². The third-order valence-electron chi connectivity index (χ3n) is 3.01. The van der Waals surface area contributed by atoms with Gasteiger partial charge in [0.15, 0.2) is 6.29 Å². The van der Waals surface area contributed by atoms with Crippen molar-refractivity contribution in [1.82, 2.24) is 14.8 Å². The Morgan fingerprint density at radius 3 is 2.94 bits per heavy atom. The van der Waals surface area contributed by atoms with Crippen molar-refractivity contribution in [3.05, 3.63) is 36.3 Å². The summed E-state index contributed by atoms with van der Waals surface area (Å²) in [5.74, 6) is 0. The quantitative estimate of drug-likeness (QED) is 0.616. The van der Waals surface area contributed by atoms with Crippen molar-refractivity contribution in [2.45, 2.75) is 26.1 Å². The maximum Gasteiger partial charge on any atom is 0.168 e. The molecule has 0 saturated carbocycles. The molecule has 18 heavy (non-hydrogen) atoms. The lowest BCUT2D eigenvalue weighted by atomic mass is 10.0. The summed E-state index contributed by atoms with van der Waals surface area (Å²) in [6.07, 6.45) is 3.79. The van der Waals surface area contributed by atoms with Crippen LogP contribution in [-0.2, 0) is 6.54 Å². The lowest BCUT2D eigenvalue weighted by Crippen LogP contribution is -2.26. The first-order valence-corrected chi connectivity index (χ1v) is 5.56. The molecule has 2 rings (SSSR count). The molecule has 0 spiro atoms. The number of allylic oxidation sites excluding steroid dienone is 1. The Balaban J connectivity index is 2.41. The summed E-state index contributed by atoms with van der Waals surface area (Å²) < 4.78 is 15.7. The molecule has 1 atom stereocenters. The fourth-order valence-corrected chi connectivity index (χ4v) is 1.60. The number of hydrogen-bond acceptors (Lipinski definition) is 3. The third-order valence-corrected chi connectivity index (χ3v) is 3.01. The Hall–Kier alpha value is -2.04. The van der Waals surface area contributed by atoms with Gasteiger partial charge in [0, 0.05) is 5.39 Å². The van der Waals surface area contributed by atoms with Crippen LogP contribution in [0.1, 0.15) is 24.3 Å². The zero-order valence-corrected chi connectivity index (χ0v) is 10.4. The van der Waals surface area contributed by atoms with E-state index in [0.29, 0.717) is 23.1 Å². The second-order valence-electron chi connectivity index (χ2n) is 4.57. The summed E-state index contributed by atoms with van der Waals surface area (Å²) >= 11 is 0. The normalized spacial score (nSPS) is 14.4. The Labute approximate surface area is 104 Å². The summed E-state index contributed by atoms with van der Waals surface area (Å²) in [4.78, 5) is 14.6. The Bertz CT molecular complexity index is 616. The highest BCUT2D eigenvalue weighted by atomic mass is 19.1. The molecule has 0 amide bonds.